The monoisotopic (exact) mass is 425 g/mol. The number of amides is 1. The standard InChI is InChI=1S/C21H19N3O7/c1-28-14-4-6-18(19(11-14)24(26)27)20-7-5-15(31-20)12-22-23-21(25)13-8-16(29-2)10-17(9-13)30-3/h4-12H,1-3H3,(H,23,25). The first-order chi connectivity index (χ1) is 14.9. The molecule has 0 radical (unpaired) electrons. The Bertz CT molecular complexity index is 1120. The molecule has 0 bridgehead atoms. The lowest BCUT2D eigenvalue weighted by molar-refractivity contribution is -0.384. The van der Waals surface area contributed by atoms with Crippen molar-refractivity contribution in [2.45, 2.75) is 0 Å². The number of hydrazone groups is 1. The van der Waals surface area contributed by atoms with Crippen LogP contribution >= 0.6 is 0 Å². The van der Waals surface area contributed by atoms with Crippen LogP contribution < -0.4 is 19.6 Å². The number of nitrogens with zero attached hydrogens (tertiary/aromatic N) is 2. The molecule has 0 spiro atoms. The predicted molar refractivity (Wildman–Crippen MR) is 112 cm³/mol. The Hall–Kier alpha value is -4.34. The van der Waals surface area contributed by atoms with Gasteiger partial charge in [0.05, 0.1) is 44.1 Å². The van der Waals surface area contributed by atoms with Gasteiger partial charge in [0.1, 0.15) is 28.8 Å². The second-order valence-electron chi connectivity index (χ2n) is 6.14. The van der Waals surface area contributed by atoms with E-state index in [-0.39, 0.29) is 17.0 Å². The summed E-state index contributed by atoms with van der Waals surface area (Å²) in [4.78, 5) is 23.2. The molecule has 0 unspecified atom stereocenters. The van der Waals surface area contributed by atoms with Crippen molar-refractivity contribution in [1.82, 2.24) is 5.43 Å². The van der Waals surface area contributed by atoms with Crippen molar-refractivity contribution in [3.8, 4) is 28.6 Å². The van der Waals surface area contributed by atoms with E-state index in [9.17, 15) is 14.9 Å². The molecule has 0 aliphatic carbocycles. The molecule has 31 heavy (non-hydrogen) atoms. The van der Waals surface area contributed by atoms with Gasteiger partial charge in [0.25, 0.3) is 11.6 Å². The van der Waals surface area contributed by atoms with Gasteiger partial charge in [-0.15, -0.1) is 0 Å². The van der Waals surface area contributed by atoms with Crippen LogP contribution in [0.15, 0.2) is 58.0 Å². The molecule has 10 nitrogen and oxygen atoms in total. The minimum absolute atomic E-state index is 0.155. The summed E-state index contributed by atoms with van der Waals surface area (Å²) in [5.74, 6) is 1.38. The van der Waals surface area contributed by atoms with Crippen molar-refractivity contribution in [2.24, 2.45) is 5.10 Å². The third-order valence-electron chi connectivity index (χ3n) is 4.27. The first-order valence-corrected chi connectivity index (χ1v) is 8.94. The number of carbonyl (C=O) groups excluding carboxylic acids is 1. The second kappa shape index (κ2) is 9.44. The van der Waals surface area contributed by atoms with Crippen LogP contribution in [0, 0.1) is 10.1 Å². The molecule has 1 N–H and O–H groups in total. The average molecular weight is 425 g/mol. The van der Waals surface area contributed by atoms with E-state index in [4.69, 9.17) is 18.6 Å². The highest BCUT2D eigenvalue weighted by atomic mass is 16.6. The summed E-state index contributed by atoms with van der Waals surface area (Å²) in [6.45, 7) is 0. The highest BCUT2D eigenvalue weighted by molar-refractivity contribution is 5.95. The van der Waals surface area contributed by atoms with Gasteiger partial charge >= 0.3 is 0 Å². The van der Waals surface area contributed by atoms with Gasteiger partial charge in [-0.25, -0.2) is 5.43 Å². The molecule has 0 atom stereocenters. The number of carbonyl (C=O) groups is 1. The Morgan fingerprint density at radius 3 is 2.29 bits per heavy atom. The molecule has 3 rings (SSSR count). The second-order valence-corrected chi connectivity index (χ2v) is 6.14. The number of nitrogens with one attached hydrogen (secondary N) is 1. The van der Waals surface area contributed by atoms with Crippen LogP contribution in [0.25, 0.3) is 11.3 Å². The summed E-state index contributed by atoms with van der Waals surface area (Å²) in [6, 6.07) is 12.3. The van der Waals surface area contributed by atoms with Crippen LogP contribution in [0.3, 0.4) is 0 Å². The van der Waals surface area contributed by atoms with Gasteiger partial charge in [0, 0.05) is 11.6 Å². The number of hydrogen-bond acceptors (Lipinski definition) is 8. The number of hydrogen-bond donors (Lipinski definition) is 1. The van der Waals surface area contributed by atoms with Crippen molar-refractivity contribution < 1.29 is 28.3 Å². The van der Waals surface area contributed by atoms with Crippen molar-refractivity contribution >= 4 is 17.8 Å². The number of benzene rings is 2. The molecule has 1 heterocycles. The average Bonchev–Trinajstić information content (AvgIpc) is 3.26. The predicted octanol–water partition coefficient (Wildman–Crippen LogP) is 3.64. The number of nitro benzene ring substituents is 1. The lowest BCUT2D eigenvalue weighted by atomic mass is 10.1. The summed E-state index contributed by atoms with van der Waals surface area (Å²) in [5, 5.41) is 15.2. The number of rotatable bonds is 8. The Morgan fingerprint density at radius 1 is 1.00 bits per heavy atom. The molecule has 10 heteroatoms. The van der Waals surface area contributed by atoms with Gasteiger partial charge < -0.3 is 18.6 Å². The molecule has 0 aliphatic heterocycles. The molecule has 3 aromatic rings. The van der Waals surface area contributed by atoms with Crippen molar-refractivity contribution in [2.75, 3.05) is 21.3 Å². The van der Waals surface area contributed by atoms with Crippen LogP contribution in [-0.4, -0.2) is 38.4 Å². The zero-order chi connectivity index (χ0) is 22.4. The van der Waals surface area contributed by atoms with Gasteiger partial charge in [-0.2, -0.15) is 5.10 Å². The summed E-state index contributed by atoms with van der Waals surface area (Å²) in [6.07, 6.45) is 1.29. The van der Waals surface area contributed by atoms with E-state index in [0.29, 0.717) is 28.6 Å². The fourth-order valence-electron chi connectivity index (χ4n) is 2.72. The van der Waals surface area contributed by atoms with Crippen LogP contribution in [0.2, 0.25) is 0 Å². The molecule has 0 saturated heterocycles. The molecule has 0 saturated carbocycles. The normalized spacial score (nSPS) is 10.7. The maximum Gasteiger partial charge on any atom is 0.284 e. The molecule has 1 aromatic heterocycles. The highest BCUT2D eigenvalue weighted by Gasteiger charge is 2.19. The van der Waals surface area contributed by atoms with Crippen LogP contribution in [0.5, 0.6) is 17.2 Å². The Balaban J connectivity index is 1.75. The third kappa shape index (κ3) is 4.99. The van der Waals surface area contributed by atoms with Crippen LogP contribution in [-0.2, 0) is 0 Å². The van der Waals surface area contributed by atoms with Gasteiger partial charge in [0.2, 0.25) is 0 Å². The maximum absolute atomic E-state index is 12.3. The Labute approximate surface area is 177 Å². The lowest BCUT2D eigenvalue weighted by Crippen LogP contribution is -2.17. The molecule has 160 valence electrons. The van der Waals surface area contributed by atoms with Crippen LogP contribution in [0.1, 0.15) is 16.1 Å². The van der Waals surface area contributed by atoms with Crippen molar-refractivity contribution in [1.29, 1.82) is 0 Å². The minimum atomic E-state index is -0.517. The quantitative estimate of drug-likeness (QED) is 0.332. The van der Waals surface area contributed by atoms with Gasteiger partial charge in [-0.05, 0) is 36.4 Å². The van der Waals surface area contributed by atoms with Crippen molar-refractivity contribution in [3.05, 3.63) is 70.0 Å². The Morgan fingerprint density at radius 2 is 1.68 bits per heavy atom. The summed E-state index contributed by atoms with van der Waals surface area (Å²) in [7, 11) is 4.39. The molecule has 0 aliphatic rings. The first-order valence-electron chi connectivity index (χ1n) is 8.94. The molecular formula is C21H19N3O7. The van der Waals surface area contributed by atoms with E-state index in [1.807, 2.05) is 0 Å². The molecule has 0 fully saturated rings. The summed E-state index contributed by atoms with van der Waals surface area (Å²) >= 11 is 0. The van der Waals surface area contributed by atoms with Gasteiger partial charge in [0.15, 0.2) is 0 Å². The number of ether oxygens (including phenoxy) is 3. The van der Waals surface area contributed by atoms with E-state index in [2.05, 4.69) is 10.5 Å². The van der Waals surface area contributed by atoms with E-state index < -0.39 is 10.8 Å². The summed E-state index contributed by atoms with van der Waals surface area (Å²) in [5.41, 5.74) is 2.81. The van der Waals surface area contributed by atoms with E-state index in [1.165, 1.54) is 39.7 Å². The van der Waals surface area contributed by atoms with Crippen LogP contribution in [0.4, 0.5) is 5.69 Å². The van der Waals surface area contributed by atoms with E-state index >= 15 is 0 Å². The zero-order valence-electron chi connectivity index (χ0n) is 16.9. The Kier molecular flexibility index (Phi) is 6.51. The summed E-state index contributed by atoms with van der Waals surface area (Å²) < 4.78 is 20.9. The largest absolute Gasteiger partial charge is 0.497 e. The topological polar surface area (TPSA) is 125 Å². The third-order valence-corrected chi connectivity index (χ3v) is 4.27. The van der Waals surface area contributed by atoms with Gasteiger partial charge in [-0.3, -0.25) is 14.9 Å². The maximum atomic E-state index is 12.3. The molecular weight excluding hydrogens is 406 g/mol. The van der Waals surface area contributed by atoms with E-state index in [1.54, 1.807) is 36.4 Å². The molecule has 2 aromatic carbocycles. The first kappa shape index (κ1) is 21.4. The smallest absolute Gasteiger partial charge is 0.284 e. The van der Waals surface area contributed by atoms with Gasteiger partial charge in [-0.1, -0.05) is 0 Å². The van der Waals surface area contributed by atoms with Crippen molar-refractivity contribution in [3.63, 3.8) is 0 Å². The minimum Gasteiger partial charge on any atom is -0.497 e. The SMILES string of the molecule is COc1cc(OC)cc(C(=O)NN=Cc2ccc(-c3ccc(OC)cc3[N+](=O)[O-])o2)c1. The molecule has 1 amide bonds. The lowest BCUT2D eigenvalue weighted by Gasteiger charge is -2.07. The number of furan rings is 1. The fourth-order valence-corrected chi connectivity index (χ4v) is 2.72. The number of nitro groups is 1. The van der Waals surface area contributed by atoms with E-state index in [0.717, 1.165) is 0 Å². The highest BCUT2D eigenvalue weighted by Crippen LogP contribution is 2.33. The fraction of sp³-hybridized carbons (Fsp3) is 0.143. The number of methoxy groups -OCH3 is 3. The zero-order valence-corrected chi connectivity index (χ0v) is 16.9.